The van der Waals surface area contributed by atoms with Crippen LogP contribution in [0.4, 0.5) is 10.2 Å². The predicted octanol–water partition coefficient (Wildman–Crippen LogP) is 1.44. The monoisotopic (exact) mass is 267 g/mol. The van der Waals surface area contributed by atoms with Crippen molar-refractivity contribution in [2.45, 2.75) is 32.5 Å². The molecular weight excluding hydrogens is 249 g/mol. The summed E-state index contributed by atoms with van der Waals surface area (Å²) in [4.78, 5) is 17.7. The Morgan fingerprint density at radius 1 is 1.63 bits per heavy atom. The van der Waals surface area contributed by atoms with E-state index in [0.717, 1.165) is 12.3 Å². The standard InChI is InChI=1S/C13H18FN3O2/c1-8-6-17(7-13(2,3)19-8)12(18)10-4-9(14)5-16-11(10)15/h4-5,8H,6-7H2,1-3H3,(H2,15,16). The minimum Gasteiger partial charge on any atom is -0.383 e. The molecule has 1 aliphatic heterocycles. The molecule has 0 radical (unpaired) electrons. The van der Waals surface area contributed by atoms with Crippen molar-refractivity contribution in [3.63, 3.8) is 0 Å². The van der Waals surface area contributed by atoms with E-state index in [1.807, 2.05) is 20.8 Å². The minimum atomic E-state index is -0.571. The molecule has 104 valence electrons. The van der Waals surface area contributed by atoms with Gasteiger partial charge in [-0.25, -0.2) is 9.37 Å². The van der Waals surface area contributed by atoms with Gasteiger partial charge in [0.2, 0.25) is 0 Å². The van der Waals surface area contributed by atoms with Crippen molar-refractivity contribution in [1.29, 1.82) is 0 Å². The summed E-state index contributed by atoms with van der Waals surface area (Å²) in [5.41, 5.74) is 5.32. The molecule has 2 N–H and O–H groups in total. The normalized spacial score (nSPS) is 22.3. The lowest BCUT2D eigenvalue weighted by Gasteiger charge is -2.41. The summed E-state index contributed by atoms with van der Waals surface area (Å²) < 4.78 is 18.9. The van der Waals surface area contributed by atoms with Crippen molar-refractivity contribution in [2.24, 2.45) is 0 Å². The maximum Gasteiger partial charge on any atom is 0.257 e. The van der Waals surface area contributed by atoms with Gasteiger partial charge in [0, 0.05) is 13.1 Å². The van der Waals surface area contributed by atoms with Crippen molar-refractivity contribution < 1.29 is 13.9 Å². The van der Waals surface area contributed by atoms with Crippen molar-refractivity contribution >= 4 is 11.7 Å². The lowest BCUT2D eigenvalue weighted by molar-refractivity contribution is -0.118. The number of nitrogens with two attached hydrogens (primary N) is 1. The lowest BCUT2D eigenvalue weighted by Crippen LogP contribution is -2.53. The molecule has 1 amide bonds. The number of nitrogens with zero attached hydrogens (tertiary/aromatic N) is 2. The average Bonchev–Trinajstić information content (AvgIpc) is 2.29. The Kier molecular flexibility index (Phi) is 3.45. The molecule has 1 atom stereocenters. The van der Waals surface area contributed by atoms with Crippen molar-refractivity contribution in [2.75, 3.05) is 18.8 Å². The van der Waals surface area contributed by atoms with Gasteiger partial charge in [-0.05, 0) is 26.8 Å². The van der Waals surface area contributed by atoms with Gasteiger partial charge in [0.15, 0.2) is 0 Å². The first-order valence-electron chi connectivity index (χ1n) is 6.16. The van der Waals surface area contributed by atoms with E-state index in [0.29, 0.717) is 13.1 Å². The number of amides is 1. The first kappa shape index (κ1) is 13.7. The number of anilines is 1. The first-order valence-corrected chi connectivity index (χ1v) is 6.16. The molecule has 2 heterocycles. The number of hydrogen-bond acceptors (Lipinski definition) is 4. The average molecular weight is 267 g/mol. The van der Waals surface area contributed by atoms with Crippen LogP contribution in [-0.2, 0) is 4.74 Å². The number of halogens is 1. The summed E-state index contributed by atoms with van der Waals surface area (Å²) in [5.74, 6) is -0.839. The van der Waals surface area contributed by atoms with Crippen molar-refractivity contribution in [3.8, 4) is 0 Å². The van der Waals surface area contributed by atoms with Crippen molar-refractivity contribution in [3.05, 3.63) is 23.6 Å². The van der Waals surface area contributed by atoms with Crippen LogP contribution in [0.15, 0.2) is 12.3 Å². The van der Waals surface area contributed by atoms with Gasteiger partial charge in [0.25, 0.3) is 5.91 Å². The zero-order chi connectivity index (χ0) is 14.2. The third-order valence-electron chi connectivity index (χ3n) is 2.97. The van der Waals surface area contributed by atoms with Gasteiger partial charge < -0.3 is 15.4 Å². The fourth-order valence-corrected chi connectivity index (χ4v) is 2.40. The SMILES string of the molecule is CC1CN(C(=O)c2cc(F)cnc2N)CC(C)(C)O1. The molecule has 1 aromatic rings. The van der Waals surface area contributed by atoms with E-state index in [1.165, 1.54) is 0 Å². The van der Waals surface area contributed by atoms with Gasteiger partial charge >= 0.3 is 0 Å². The molecule has 6 heteroatoms. The topological polar surface area (TPSA) is 68.5 Å². The number of carbonyl (C=O) groups excluding carboxylic acids is 1. The Morgan fingerprint density at radius 3 is 2.95 bits per heavy atom. The highest BCUT2D eigenvalue weighted by molar-refractivity contribution is 5.98. The van der Waals surface area contributed by atoms with Crippen LogP contribution in [0.3, 0.4) is 0 Å². The molecule has 2 rings (SSSR count). The fraction of sp³-hybridized carbons (Fsp3) is 0.538. The number of nitrogen functional groups attached to an aromatic ring is 1. The summed E-state index contributed by atoms with van der Waals surface area (Å²) in [6.07, 6.45) is 0.924. The summed E-state index contributed by atoms with van der Waals surface area (Å²) in [5, 5.41) is 0. The van der Waals surface area contributed by atoms with Crippen LogP contribution < -0.4 is 5.73 Å². The molecule has 0 aliphatic carbocycles. The second kappa shape index (κ2) is 4.77. The van der Waals surface area contributed by atoms with Crippen LogP contribution in [0.5, 0.6) is 0 Å². The highest BCUT2D eigenvalue weighted by atomic mass is 19.1. The molecular formula is C13H18FN3O2. The van der Waals surface area contributed by atoms with Crippen molar-refractivity contribution in [1.82, 2.24) is 9.88 Å². The number of hydrogen-bond donors (Lipinski definition) is 1. The van der Waals surface area contributed by atoms with Crippen LogP contribution >= 0.6 is 0 Å². The Labute approximate surface area is 111 Å². The van der Waals surface area contributed by atoms with Gasteiger partial charge in [0.05, 0.1) is 23.5 Å². The third kappa shape index (κ3) is 3.01. The molecule has 0 bridgehead atoms. The van der Waals surface area contributed by atoms with E-state index >= 15 is 0 Å². The molecule has 5 nitrogen and oxygen atoms in total. The van der Waals surface area contributed by atoms with Gasteiger partial charge in [0.1, 0.15) is 11.6 Å². The Balaban J connectivity index is 2.26. The minimum absolute atomic E-state index is 0.0448. The van der Waals surface area contributed by atoms with Crippen LogP contribution in [-0.4, -0.2) is 40.6 Å². The second-order valence-corrected chi connectivity index (χ2v) is 5.46. The van der Waals surface area contributed by atoms with Crippen LogP contribution in [0.25, 0.3) is 0 Å². The van der Waals surface area contributed by atoms with Gasteiger partial charge in [-0.1, -0.05) is 0 Å². The largest absolute Gasteiger partial charge is 0.383 e. The Bertz CT molecular complexity index is 505. The van der Waals surface area contributed by atoms with E-state index in [-0.39, 0.29) is 23.4 Å². The number of morpholine rings is 1. The smallest absolute Gasteiger partial charge is 0.257 e. The zero-order valence-electron chi connectivity index (χ0n) is 11.3. The molecule has 1 unspecified atom stereocenters. The van der Waals surface area contributed by atoms with E-state index in [2.05, 4.69) is 4.98 Å². The first-order chi connectivity index (χ1) is 8.78. The molecule has 1 aliphatic rings. The third-order valence-corrected chi connectivity index (χ3v) is 2.97. The predicted molar refractivity (Wildman–Crippen MR) is 69.1 cm³/mol. The van der Waals surface area contributed by atoms with Gasteiger partial charge in [-0.2, -0.15) is 0 Å². The number of rotatable bonds is 1. The summed E-state index contributed by atoms with van der Waals surface area (Å²) in [6.45, 7) is 6.62. The highest BCUT2D eigenvalue weighted by Crippen LogP contribution is 2.23. The lowest BCUT2D eigenvalue weighted by atomic mass is 10.0. The summed E-state index contributed by atoms with van der Waals surface area (Å²) >= 11 is 0. The van der Waals surface area contributed by atoms with E-state index in [1.54, 1.807) is 4.90 Å². The second-order valence-electron chi connectivity index (χ2n) is 5.46. The van der Waals surface area contributed by atoms with Crippen LogP contribution in [0, 0.1) is 5.82 Å². The van der Waals surface area contributed by atoms with E-state index in [9.17, 15) is 9.18 Å². The van der Waals surface area contributed by atoms with Crippen LogP contribution in [0.1, 0.15) is 31.1 Å². The van der Waals surface area contributed by atoms with Gasteiger partial charge in [-0.15, -0.1) is 0 Å². The van der Waals surface area contributed by atoms with Gasteiger partial charge in [-0.3, -0.25) is 4.79 Å². The molecule has 0 spiro atoms. The maximum atomic E-state index is 13.2. The molecule has 1 fully saturated rings. The number of aromatic nitrogens is 1. The fourth-order valence-electron chi connectivity index (χ4n) is 2.40. The quantitative estimate of drug-likeness (QED) is 0.836. The molecule has 0 aromatic carbocycles. The number of pyridine rings is 1. The van der Waals surface area contributed by atoms with Crippen LogP contribution in [0.2, 0.25) is 0 Å². The Hall–Kier alpha value is -1.69. The van der Waals surface area contributed by atoms with E-state index in [4.69, 9.17) is 10.5 Å². The van der Waals surface area contributed by atoms with E-state index < -0.39 is 11.4 Å². The molecule has 0 saturated carbocycles. The zero-order valence-corrected chi connectivity index (χ0v) is 11.3. The highest BCUT2D eigenvalue weighted by Gasteiger charge is 2.34. The molecule has 19 heavy (non-hydrogen) atoms. The Morgan fingerprint density at radius 2 is 2.32 bits per heavy atom. The number of ether oxygens (including phenoxy) is 1. The summed E-state index contributed by atoms with van der Waals surface area (Å²) in [6, 6.07) is 1.12. The molecule has 1 aromatic heterocycles. The number of carbonyl (C=O) groups is 1. The summed E-state index contributed by atoms with van der Waals surface area (Å²) in [7, 11) is 0. The molecule has 1 saturated heterocycles. The maximum absolute atomic E-state index is 13.2.